The Kier molecular flexibility index (Phi) is 8.54. The summed E-state index contributed by atoms with van der Waals surface area (Å²) in [5.41, 5.74) is 0.645. The molecule has 3 aliphatic rings. The van der Waals surface area contributed by atoms with Crippen LogP contribution in [-0.4, -0.2) is 75.0 Å². The molecule has 1 spiro atoms. The van der Waals surface area contributed by atoms with Gasteiger partial charge in [0.15, 0.2) is 0 Å². The molecule has 2 amide bonds. The first-order valence-corrected chi connectivity index (χ1v) is 14.2. The number of alkyl halides is 1. The van der Waals surface area contributed by atoms with E-state index in [-0.39, 0.29) is 48.2 Å². The summed E-state index contributed by atoms with van der Waals surface area (Å²) in [5, 5.41) is 9.89. The molecular formula is C26H30BrClN2O5S. The second-order valence-corrected chi connectivity index (χ2v) is 12.4. The molecule has 3 saturated heterocycles. The molecule has 3 aliphatic heterocycles. The van der Waals surface area contributed by atoms with Gasteiger partial charge in [-0.3, -0.25) is 14.4 Å². The van der Waals surface area contributed by atoms with E-state index in [2.05, 4.69) is 29.1 Å². The number of hydrogen-bond donors (Lipinski definition) is 1. The molecule has 1 N–H and O–H groups in total. The van der Waals surface area contributed by atoms with Gasteiger partial charge in [0.05, 0.1) is 23.2 Å². The molecule has 1 aromatic rings. The molecule has 6 atom stereocenters. The van der Waals surface area contributed by atoms with Gasteiger partial charge in [0.2, 0.25) is 5.91 Å². The van der Waals surface area contributed by atoms with Crippen LogP contribution < -0.4 is 4.90 Å². The zero-order valence-electron chi connectivity index (χ0n) is 19.9. The number of hydrogen-bond acceptors (Lipinski definition) is 6. The summed E-state index contributed by atoms with van der Waals surface area (Å²) < 4.78 is 4.74. The van der Waals surface area contributed by atoms with E-state index in [0.29, 0.717) is 30.0 Å². The molecule has 0 saturated carbocycles. The topological polar surface area (TPSA) is 87.1 Å². The van der Waals surface area contributed by atoms with Crippen molar-refractivity contribution in [3.63, 3.8) is 0 Å². The van der Waals surface area contributed by atoms with Crippen LogP contribution in [0.2, 0.25) is 5.02 Å². The smallest absolute Gasteiger partial charge is 0.310 e. The van der Waals surface area contributed by atoms with Gasteiger partial charge in [-0.05, 0) is 43.5 Å². The lowest BCUT2D eigenvalue weighted by molar-refractivity contribution is -0.154. The summed E-state index contributed by atoms with van der Waals surface area (Å²) in [4.78, 5) is 44.5. The van der Waals surface area contributed by atoms with E-state index < -0.39 is 28.6 Å². The fourth-order valence-electron chi connectivity index (χ4n) is 5.72. The number of aliphatic hydroxyl groups excluding tert-OH is 1. The first kappa shape index (κ1) is 27.2. The summed E-state index contributed by atoms with van der Waals surface area (Å²) >= 11 is 11.4. The predicted molar refractivity (Wildman–Crippen MR) is 145 cm³/mol. The van der Waals surface area contributed by atoms with Crippen LogP contribution in [0.25, 0.3) is 0 Å². The second-order valence-electron chi connectivity index (χ2n) is 9.23. The number of benzene rings is 1. The van der Waals surface area contributed by atoms with Crippen LogP contribution in [0.3, 0.4) is 0 Å². The third-order valence-electron chi connectivity index (χ3n) is 7.13. The van der Waals surface area contributed by atoms with Crippen LogP contribution in [0.4, 0.5) is 5.69 Å². The molecule has 10 heteroatoms. The highest BCUT2D eigenvalue weighted by molar-refractivity contribution is 9.09. The van der Waals surface area contributed by atoms with Crippen LogP contribution in [0.15, 0.2) is 49.6 Å². The number of carbonyl (C=O) groups is 3. The largest absolute Gasteiger partial charge is 0.465 e. The number of likely N-dealkylation sites (tertiary alicyclic amines) is 1. The second kappa shape index (κ2) is 11.3. The van der Waals surface area contributed by atoms with Crippen LogP contribution in [0.1, 0.15) is 19.3 Å². The molecule has 194 valence electrons. The summed E-state index contributed by atoms with van der Waals surface area (Å²) in [5.74, 6) is -2.19. The van der Waals surface area contributed by atoms with Gasteiger partial charge in [-0.25, -0.2) is 0 Å². The lowest BCUT2D eigenvalue weighted by Crippen LogP contribution is -2.55. The fourth-order valence-corrected chi connectivity index (χ4v) is 9.44. The Balaban J connectivity index is 1.74. The van der Waals surface area contributed by atoms with Gasteiger partial charge in [0.1, 0.15) is 6.04 Å². The molecule has 0 aliphatic carbocycles. The minimum Gasteiger partial charge on any atom is -0.465 e. The standard InChI is InChI=1S/C26H30BrClN2O5S/c1-3-5-14-35-25(34)19-20-23(32)30(12-6-13-31)22(26(20)15-18(27)21(19)36-26)24(33)29(11-4-2)17-9-7-16(28)8-10-17/h3-4,7-10,18-22,31H,1-2,5-6,11-15H2/t18?,19-,20-,21-,22?,26?/m0/s1. The minimum atomic E-state index is -0.793. The number of ether oxygens (including phenoxy) is 1. The van der Waals surface area contributed by atoms with Crippen molar-refractivity contribution in [3.8, 4) is 0 Å². The minimum absolute atomic E-state index is 0.0417. The Morgan fingerprint density at radius 1 is 1.31 bits per heavy atom. The highest BCUT2D eigenvalue weighted by atomic mass is 79.9. The third kappa shape index (κ3) is 4.64. The van der Waals surface area contributed by atoms with Crippen molar-refractivity contribution in [1.29, 1.82) is 0 Å². The van der Waals surface area contributed by atoms with Crippen molar-refractivity contribution in [2.45, 2.75) is 40.1 Å². The number of anilines is 1. The van der Waals surface area contributed by atoms with Crippen molar-refractivity contribution in [2.24, 2.45) is 11.8 Å². The van der Waals surface area contributed by atoms with Crippen molar-refractivity contribution in [2.75, 3.05) is 31.2 Å². The van der Waals surface area contributed by atoms with Crippen molar-refractivity contribution < 1.29 is 24.2 Å². The van der Waals surface area contributed by atoms with Crippen molar-refractivity contribution in [1.82, 2.24) is 4.90 Å². The zero-order chi connectivity index (χ0) is 26.0. The van der Waals surface area contributed by atoms with Gasteiger partial charge in [0.25, 0.3) is 5.91 Å². The van der Waals surface area contributed by atoms with Gasteiger partial charge in [0, 0.05) is 40.5 Å². The number of amides is 2. The number of nitrogens with zero attached hydrogens (tertiary/aromatic N) is 2. The molecule has 0 aromatic heterocycles. The molecule has 3 fully saturated rings. The van der Waals surface area contributed by atoms with Crippen LogP contribution >= 0.6 is 39.3 Å². The van der Waals surface area contributed by atoms with E-state index in [1.165, 1.54) is 0 Å². The summed E-state index contributed by atoms with van der Waals surface area (Å²) in [7, 11) is 0. The SMILES string of the molecule is C=CCCOC(=O)[C@H]1[C@H]2C(=O)N(CCCO)C(C(=O)N(CC=C)c3ccc(Cl)cc3)C23CC(Br)[C@@H]1S3. The average molecular weight is 598 g/mol. The van der Waals surface area contributed by atoms with E-state index >= 15 is 0 Å². The quantitative estimate of drug-likeness (QED) is 0.181. The highest BCUT2D eigenvalue weighted by Gasteiger charge is 2.76. The van der Waals surface area contributed by atoms with E-state index in [1.807, 2.05) is 0 Å². The number of carbonyl (C=O) groups excluding carboxylic acids is 3. The number of thioether (sulfide) groups is 1. The number of halogens is 2. The number of esters is 1. The first-order valence-electron chi connectivity index (χ1n) is 12.0. The maximum Gasteiger partial charge on any atom is 0.310 e. The normalized spacial score (nSPS) is 30.2. The monoisotopic (exact) mass is 596 g/mol. The van der Waals surface area contributed by atoms with Crippen molar-refractivity contribution in [3.05, 3.63) is 54.6 Å². The zero-order valence-corrected chi connectivity index (χ0v) is 23.0. The number of fused-ring (bicyclic) bond motifs is 1. The summed E-state index contributed by atoms with van der Waals surface area (Å²) in [6.07, 6.45) is 4.75. The predicted octanol–water partition coefficient (Wildman–Crippen LogP) is 3.83. The fraction of sp³-hybridized carbons (Fsp3) is 0.500. The lowest BCUT2D eigenvalue weighted by atomic mass is 9.71. The van der Waals surface area contributed by atoms with Crippen LogP contribution in [-0.2, 0) is 19.1 Å². The molecule has 7 nitrogen and oxygen atoms in total. The molecule has 1 aromatic carbocycles. The highest BCUT2D eigenvalue weighted by Crippen LogP contribution is 2.68. The Morgan fingerprint density at radius 2 is 2.03 bits per heavy atom. The van der Waals surface area contributed by atoms with Crippen LogP contribution in [0, 0.1) is 11.8 Å². The average Bonchev–Trinajstić information content (AvgIpc) is 3.45. The number of aliphatic hydroxyl groups is 1. The van der Waals surface area contributed by atoms with Gasteiger partial charge >= 0.3 is 5.97 Å². The van der Waals surface area contributed by atoms with E-state index in [1.54, 1.807) is 58.0 Å². The van der Waals surface area contributed by atoms with E-state index in [4.69, 9.17) is 16.3 Å². The molecule has 2 bridgehead atoms. The molecule has 4 rings (SSSR count). The lowest BCUT2D eigenvalue weighted by Gasteiger charge is -2.37. The summed E-state index contributed by atoms with van der Waals surface area (Å²) in [6, 6.07) is 6.16. The Bertz CT molecular complexity index is 1040. The molecule has 3 heterocycles. The van der Waals surface area contributed by atoms with Crippen molar-refractivity contribution >= 4 is 62.8 Å². The summed E-state index contributed by atoms with van der Waals surface area (Å²) in [6.45, 7) is 8.04. The molecular weight excluding hydrogens is 568 g/mol. The Hall–Kier alpha value is -1.81. The molecule has 36 heavy (non-hydrogen) atoms. The molecule has 0 radical (unpaired) electrons. The third-order valence-corrected chi connectivity index (χ3v) is 10.6. The maximum absolute atomic E-state index is 14.3. The Labute approximate surface area is 229 Å². The van der Waals surface area contributed by atoms with E-state index in [9.17, 15) is 19.5 Å². The van der Waals surface area contributed by atoms with Gasteiger partial charge in [-0.1, -0.05) is 39.7 Å². The first-order chi connectivity index (χ1) is 17.3. The van der Waals surface area contributed by atoms with Gasteiger partial charge < -0.3 is 19.6 Å². The van der Waals surface area contributed by atoms with Crippen LogP contribution in [0.5, 0.6) is 0 Å². The maximum atomic E-state index is 14.3. The van der Waals surface area contributed by atoms with Gasteiger partial charge in [-0.2, -0.15) is 0 Å². The Morgan fingerprint density at radius 3 is 2.67 bits per heavy atom. The number of rotatable bonds is 11. The molecule has 3 unspecified atom stereocenters. The van der Waals surface area contributed by atoms with E-state index in [0.717, 1.165) is 0 Å². The van der Waals surface area contributed by atoms with Gasteiger partial charge in [-0.15, -0.1) is 24.9 Å².